The lowest BCUT2D eigenvalue weighted by Gasteiger charge is -2.14. The third kappa shape index (κ3) is 5.50. The van der Waals surface area contributed by atoms with Gasteiger partial charge in [-0.05, 0) is 13.8 Å². The summed E-state index contributed by atoms with van der Waals surface area (Å²) in [6.07, 6.45) is 1.70. The molecule has 0 aromatic heterocycles. The van der Waals surface area contributed by atoms with Gasteiger partial charge in [0.05, 0.1) is 13.7 Å². The molecular weight excluding hydrogens is 208 g/mol. The molecule has 0 atom stereocenters. The summed E-state index contributed by atoms with van der Waals surface area (Å²) in [5, 5.41) is 2.93. The van der Waals surface area contributed by atoms with Gasteiger partial charge in [0.1, 0.15) is 0 Å². The Hall–Kier alpha value is -1.36. The molecule has 0 saturated heterocycles. The van der Waals surface area contributed by atoms with Crippen molar-refractivity contribution >= 4 is 11.9 Å². The summed E-state index contributed by atoms with van der Waals surface area (Å²) in [5.74, 6) is -0.314. The Morgan fingerprint density at radius 3 is 2.56 bits per heavy atom. The SMILES string of the molecule is CCN(C)C(=O)CNC/C=C(/C)C(=O)OC. The maximum atomic E-state index is 11.4. The predicted molar refractivity (Wildman–Crippen MR) is 62.0 cm³/mol. The lowest BCUT2D eigenvalue weighted by Crippen LogP contribution is -2.35. The van der Waals surface area contributed by atoms with Crippen molar-refractivity contribution in [3.63, 3.8) is 0 Å². The van der Waals surface area contributed by atoms with E-state index in [1.54, 1.807) is 24.9 Å². The van der Waals surface area contributed by atoms with E-state index in [-0.39, 0.29) is 18.4 Å². The summed E-state index contributed by atoms with van der Waals surface area (Å²) in [6.45, 7) is 5.03. The van der Waals surface area contributed by atoms with Crippen LogP contribution in [0.15, 0.2) is 11.6 Å². The number of ether oxygens (including phenoxy) is 1. The zero-order chi connectivity index (χ0) is 12.6. The molecule has 1 amide bonds. The first-order valence-corrected chi connectivity index (χ1v) is 5.22. The number of esters is 1. The smallest absolute Gasteiger partial charge is 0.333 e. The van der Waals surface area contributed by atoms with E-state index in [2.05, 4.69) is 10.1 Å². The molecule has 0 aliphatic heterocycles. The van der Waals surface area contributed by atoms with E-state index >= 15 is 0 Å². The van der Waals surface area contributed by atoms with Crippen LogP contribution in [-0.4, -0.2) is 50.6 Å². The summed E-state index contributed by atoms with van der Waals surface area (Å²) in [7, 11) is 3.09. The highest BCUT2D eigenvalue weighted by Crippen LogP contribution is 1.93. The van der Waals surface area contributed by atoms with Crippen LogP contribution in [0, 0.1) is 0 Å². The first kappa shape index (κ1) is 14.6. The van der Waals surface area contributed by atoms with Crippen LogP contribution < -0.4 is 5.32 Å². The predicted octanol–water partition coefficient (Wildman–Crippen LogP) is 0.174. The highest BCUT2D eigenvalue weighted by atomic mass is 16.5. The molecule has 0 saturated carbocycles. The molecule has 16 heavy (non-hydrogen) atoms. The van der Waals surface area contributed by atoms with Gasteiger partial charge < -0.3 is 15.0 Å². The van der Waals surface area contributed by atoms with Crippen molar-refractivity contribution in [1.29, 1.82) is 0 Å². The van der Waals surface area contributed by atoms with E-state index in [1.807, 2.05) is 6.92 Å². The Morgan fingerprint density at radius 1 is 1.44 bits per heavy atom. The molecule has 0 spiro atoms. The first-order valence-electron chi connectivity index (χ1n) is 5.22. The minimum Gasteiger partial charge on any atom is -0.466 e. The van der Waals surface area contributed by atoms with Crippen molar-refractivity contribution in [3.05, 3.63) is 11.6 Å². The zero-order valence-electron chi connectivity index (χ0n) is 10.4. The Morgan fingerprint density at radius 2 is 2.06 bits per heavy atom. The molecule has 0 fully saturated rings. The van der Waals surface area contributed by atoms with E-state index in [1.165, 1.54) is 7.11 Å². The molecule has 0 aliphatic rings. The maximum Gasteiger partial charge on any atom is 0.333 e. The van der Waals surface area contributed by atoms with Crippen LogP contribution in [0.1, 0.15) is 13.8 Å². The highest BCUT2D eigenvalue weighted by molar-refractivity contribution is 5.87. The topological polar surface area (TPSA) is 58.6 Å². The molecule has 0 aromatic carbocycles. The van der Waals surface area contributed by atoms with E-state index < -0.39 is 0 Å². The fraction of sp³-hybridized carbons (Fsp3) is 0.636. The van der Waals surface area contributed by atoms with Crippen molar-refractivity contribution < 1.29 is 14.3 Å². The molecular formula is C11H20N2O3. The minimum absolute atomic E-state index is 0.0339. The maximum absolute atomic E-state index is 11.4. The summed E-state index contributed by atoms with van der Waals surface area (Å²) in [6, 6.07) is 0. The van der Waals surface area contributed by atoms with Crippen LogP contribution >= 0.6 is 0 Å². The van der Waals surface area contributed by atoms with Crippen LogP contribution in [0.3, 0.4) is 0 Å². The second-order valence-electron chi connectivity index (χ2n) is 3.42. The number of carbonyl (C=O) groups excluding carboxylic acids is 2. The largest absolute Gasteiger partial charge is 0.466 e. The van der Waals surface area contributed by atoms with Gasteiger partial charge in [0.15, 0.2) is 0 Å². The van der Waals surface area contributed by atoms with Gasteiger partial charge in [0.25, 0.3) is 0 Å². The molecule has 92 valence electrons. The third-order valence-corrected chi connectivity index (χ3v) is 2.24. The van der Waals surface area contributed by atoms with Crippen molar-refractivity contribution in [2.75, 3.05) is 33.8 Å². The average Bonchev–Trinajstić information content (AvgIpc) is 2.31. The number of rotatable bonds is 6. The Bertz CT molecular complexity index is 274. The second kappa shape index (κ2) is 7.87. The van der Waals surface area contributed by atoms with Crippen molar-refractivity contribution in [2.45, 2.75) is 13.8 Å². The number of nitrogens with one attached hydrogen (secondary N) is 1. The van der Waals surface area contributed by atoms with Crippen molar-refractivity contribution in [3.8, 4) is 0 Å². The molecule has 0 bridgehead atoms. The van der Waals surface area contributed by atoms with Gasteiger partial charge in [-0.2, -0.15) is 0 Å². The quantitative estimate of drug-likeness (QED) is 0.400. The standard InChI is InChI=1S/C11H20N2O3/c1-5-13(3)10(14)8-12-7-6-9(2)11(15)16-4/h6,12H,5,7-8H2,1-4H3/b9-6-. The first-order chi connectivity index (χ1) is 7.52. The Balaban J connectivity index is 3.83. The van der Waals surface area contributed by atoms with Gasteiger partial charge in [-0.1, -0.05) is 6.08 Å². The molecule has 5 heteroatoms. The summed E-state index contributed by atoms with van der Waals surface area (Å²) in [5.41, 5.74) is 0.534. The van der Waals surface area contributed by atoms with E-state index in [0.717, 1.165) is 0 Å². The minimum atomic E-state index is -0.348. The monoisotopic (exact) mass is 228 g/mol. The fourth-order valence-corrected chi connectivity index (χ4v) is 0.960. The summed E-state index contributed by atoms with van der Waals surface area (Å²) in [4.78, 5) is 24.0. The van der Waals surface area contributed by atoms with E-state index in [4.69, 9.17) is 0 Å². The van der Waals surface area contributed by atoms with Crippen molar-refractivity contribution in [2.24, 2.45) is 0 Å². The molecule has 0 aromatic rings. The van der Waals surface area contributed by atoms with E-state index in [9.17, 15) is 9.59 Å². The van der Waals surface area contributed by atoms with Crippen LogP contribution in [-0.2, 0) is 14.3 Å². The van der Waals surface area contributed by atoms with Gasteiger partial charge in [0.2, 0.25) is 5.91 Å². The van der Waals surface area contributed by atoms with Crippen LogP contribution in [0.25, 0.3) is 0 Å². The summed E-state index contributed by atoms with van der Waals surface area (Å²) < 4.78 is 4.54. The number of likely N-dealkylation sites (N-methyl/N-ethyl adjacent to an activating group) is 1. The normalized spacial score (nSPS) is 11.1. The summed E-state index contributed by atoms with van der Waals surface area (Å²) >= 11 is 0. The average molecular weight is 228 g/mol. The molecule has 1 N–H and O–H groups in total. The van der Waals surface area contributed by atoms with Gasteiger partial charge in [0, 0.05) is 25.7 Å². The second-order valence-corrected chi connectivity index (χ2v) is 3.42. The molecule has 0 radical (unpaired) electrons. The van der Waals surface area contributed by atoms with Crippen LogP contribution in [0.2, 0.25) is 0 Å². The van der Waals surface area contributed by atoms with E-state index in [0.29, 0.717) is 18.7 Å². The molecule has 0 rings (SSSR count). The van der Waals surface area contributed by atoms with Gasteiger partial charge >= 0.3 is 5.97 Å². The lowest BCUT2D eigenvalue weighted by molar-refractivity contribution is -0.136. The number of hydrogen-bond acceptors (Lipinski definition) is 4. The van der Waals surface area contributed by atoms with Crippen LogP contribution in [0.4, 0.5) is 0 Å². The Labute approximate surface area is 96.4 Å². The highest BCUT2D eigenvalue weighted by Gasteiger charge is 2.05. The van der Waals surface area contributed by atoms with Crippen LogP contribution in [0.5, 0.6) is 0 Å². The number of carbonyl (C=O) groups is 2. The molecule has 0 aliphatic carbocycles. The number of hydrogen-bond donors (Lipinski definition) is 1. The van der Waals surface area contributed by atoms with Gasteiger partial charge in [-0.25, -0.2) is 4.79 Å². The number of amides is 1. The lowest BCUT2D eigenvalue weighted by atomic mass is 10.3. The Kier molecular flexibility index (Phi) is 7.20. The third-order valence-electron chi connectivity index (χ3n) is 2.24. The fourth-order valence-electron chi connectivity index (χ4n) is 0.960. The molecule has 0 unspecified atom stereocenters. The number of methoxy groups -OCH3 is 1. The van der Waals surface area contributed by atoms with Gasteiger partial charge in [-0.15, -0.1) is 0 Å². The molecule has 0 heterocycles. The zero-order valence-corrected chi connectivity index (χ0v) is 10.4. The number of nitrogens with zero attached hydrogens (tertiary/aromatic N) is 1. The van der Waals surface area contributed by atoms with Crippen molar-refractivity contribution in [1.82, 2.24) is 10.2 Å². The molecule has 5 nitrogen and oxygen atoms in total. The van der Waals surface area contributed by atoms with Gasteiger partial charge in [-0.3, -0.25) is 4.79 Å².